The Morgan fingerprint density at radius 3 is 2.85 bits per heavy atom. The third-order valence-electron chi connectivity index (χ3n) is 5.42. The molecule has 1 N–H and O–H groups in total. The van der Waals surface area contributed by atoms with Gasteiger partial charge >= 0.3 is 0 Å². The van der Waals surface area contributed by atoms with Gasteiger partial charge in [-0.2, -0.15) is 0 Å². The summed E-state index contributed by atoms with van der Waals surface area (Å²) in [5.74, 6) is 0.755. The minimum atomic E-state index is -0.314. The van der Waals surface area contributed by atoms with Crippen LogP contribution in [0.1, 0.15) is 17.7 Å². The van der Waals surface area contributed by atoms with Crippen molar-refractivity contribution < 1.29 is 14.3 Å². The van der Waals surface area contributed by atoms with Crippen LogP contribution in [0.5, 0.6) is 0 Å². The third kappa shape index (κ3) is 3.70. The number of ether oxygens (including phenoxy) is 1. The highest BCUT2D eigenvalue weighted by Crippen LogP contribution is 2.35. The minimum absolute atomic E-state index is 0.0200. The zero-order chi connectivity index (χ0) is 18.1. The maximum Gasteiger partial charge on any atom is 0.246 e. The highest BCUT2D eigenvalue weighted by Gasteiger charge is 2.52. The largest absolute Gasteiger partial charge is 0.368 e. The topological polar surface area (TPSA) is 61.9 Å². The van der Waals surface area contributed by atoms with Crippen LogP contribution in [0.25, 0.3) is 6.08 Å². The molecule has 4 rings (SSSR count). The highest BCUT2D eigenvalue weighted by atomic mass is 32.1. The van der Waals surface area contributed by atoms with Gasteiger partial charge in [0.15, 0.2) is 0 Å². The number of hydrogen-bond donors (Lipinski definition) is 1. The zero-order valence-electron chi connectivity index (χ0n) is 15.0. The number of amides is 2. The van der Waals surface area contributed by atoms with Gasteiger partial charge in [0, 0.05) is 31.1 Å². The number of rotatable bonds is 5. The van der Waals surface area contributed by atoms with E-state index in [4.69, 9.17) is 4.74 Å². The molecule has 1 atom stereocenters. The van der Waals surface area contributed by atoms with Crippen LogP contribution >= 0.6 is 11.3 Å². The van der Waals surface area contributed by atoms with E-state index in [-0.39, 0.29) is 23.5 Å². The molecule has 1 spiro atoms. The molecule has 2 saturated heterocycles. The maximum absolute atomic E-state index is 12.3. The van der Waals surface area contributed by atoms with E-state index in [9.17, 15) is 9.59 Å². The van der Waals surface area contributed by atoms with Crippen LogP contribution in [-0.2, 0) is 14.3 Å². The first kappa shape index (κ1) is 17.7. The Kier molecular flexibility index (Phi) is 4.86. The van der Waals surface area contributed by atoms with Gasteiger partial charge in [0.2, 0.25) is 11.8 Å². The van der Waals surface area contributed by atoms with Gasteiger partial charge in [-0.15, -0.1) is 11.3 Å². The Morgan fingerprint density at radius 2 is 2.19 bits per heavy atom. The van der Waals surface area contributed by atoms with Crippen LogP contribution in [0.3, 0.4) is 0 Å². The van der Waals surface area contributed by atoms with Crippen molar-refractivity contribution in [2.45, 2.75) is 24.5 Å². The van der Waals surface area contributed by atoms with Gasteiger partial charge in [-0.25, -0.2) is 0 Å². The van der Waals surface area contributed by atoms with Crippen molar-refractivity contribution in [3.8, 4) is 0 Å². The molecule has 0 aromatic carbocycles. The number of thiophene rings is 1. The molecule has 3 heterocycles. The fraction of sp³-hybridized carbons (Fsp3) is 0.579. The SMILES string of the molecule is CNC(=O)C1COC2(CN(C(=O)/C=C/c3cccs3)C2)CN1CC1CC1. The quantitative estimate of drug-likeness (QED) is 0.786. The van der Waals surface area contributed by atoms with Crippen molar-refractivity contribution in [3.05, 3.63) is 28.5 Å². The molecule has 1 saturated carbocycles. The molecule has 7 heteroatoms. The van der Waals surface area contributed by atoms with Crippen LogP contribution in [-0.4, -0.2) is 73.1 Å². The summed E-state index contributed by atoms with van der Waals surface area (Å²) in [6.07, 6.45) is 6.00. The van der Waals surface area contributed by atoms with E-state index in [1.54, 1.807) is 24.5 Å². The van der Waals surface area contributed by atoms with Gasteiger partial charge in [-0.3, -0.25) is 14.5 Å². The third-order valence-corrected chi connectivity index (χ3v) is 6.26. The molecular formula is C19H25N3O3S. The van der Waals surface area contributed by atoms with Crippen molar-refractivity contribution in [3.63, 3.8) is 0 Å². The van der Waals surface area contributed by atoms with Crippen LogP contribution < -0.4 is 5.32 Å². The number of nitrogens with zero attached hydrogens (tertiary/aromatic N) is 2. The molecule has 3 aliphatic rings. The highest BCUT2D eigenvalue weighted by molar-refractivity contribution is 7.10. The summed E-state index contributed by atoms with van der Waals surface area (Å²) in [7, 11) is 1.67. The monoisotopic (exact) mass is 375 g/mol. The second-order valence-electron chi connectivity index (χ2n) is 7.54. The van der Waals surface area contributed by atoms with Crippen LogP contribution in [0.15, 0.2) is 23.6 Å². The molecule has 1 aromatic heterocycles. The van der Waals surface area contributed by atoms with Gasteiger partial charge in [-0.1, -0.05) is 6.07 Å². The van der Waals surface area contributed by atoms with E-state index in [0.29, 0.717) is 25.6 Å². The summed E-state index contributed by atoms with van der Waals surface area (Å²) < 4.78 is 6.08. The first-order chi connectivity index (χ1) is 12.6. The van der Waals surface area contributed by atoms with Gasteiger partial charge in [-0.05, 0) is 36.3 Å². The Labute approximate surface area is 157 Å². The lowest BCUT2D eigenvalue weighted by molar-refractivity contribution is -0.202. The number of likely N-dealkylation sites (tertiary alicyclic amines) is 1. The second-order valence-corrected chi connectivity index (χ2v) is 8.52. The van der Waals surface area contributed by atoms with Gasteiger partial charge in [0.1, 0.15) is 11.6 Å². The number of morpholine rings is 1. The molecule has 0 bridgehead atoms. The number of likely N-dealkylation sites (N-methyl/N-ethyl adjacent to an activating group) is 1. The van der Waals surface area contributed by atoms with Crippen LogP contribution in [0, 0.1) is 5.92 Å². The lowest BCUT2D eigenvalue weighted by Gasteiger charge is -2.55. The number of hydrogen-bond acceptors (Lipinski definition) is 5. The van der Waals surface area contributed by atoms with Crippen molar-refractivity contribution in [1.82, 2.24) is 15.1 Å². The summed E-state index contributed by atoms with van der Waals surface area (Å²) in [6.45, 7) is 3.28. The van der Waals surface area contributed by atoms with Crippen LogP contribution in [0.2, 0.25) is 0 Å². The molecule has 2 amide bonds. The number of nitrogens with one attached hydrogen (secondary N) is 1. The molecule has 140 valence electrons. The summed E-state index contributed by atoms with van der Waals surface area (Å²) in [5.41, 5.74) is -0.314. The van der Waals surface area contributed by atoms with Gasteiger partial charge < -0.3 is 15.0 Å². The van der Waals surface area contributed by atoms with E-state index in [1.807, 2.05) is 28.5 Å². The first-order valence-corrected chi connectivity index (χ1v) is 10.1. The van der Waals surface area contributed by atoms with Crippen molar-refractivity contribution >= 4 is 29.2 Å². The zero-order valence-corrected chi connectivity index (χ0v) is 15.8. The van der Waals surface area contributed by atoms with Gasteiger partial charge in [0.25, 0.3) is 0 Å². The predicted octanol–water partition coefficient (Wildman–Crippen LogP) is 1.20. The van der Waals surface area contributed by atoms with E-state index >= 15 is 0 Å². The lowest BCUT2D eigenvalue weighted by atomic mass is 9.90. The molecule has 26 heavy (non-hydrogen) atoms. The number of carbonyl (C=O) groups excluding carboxylic acids is 2. The Balaban J connectivity index is 1.35. The molecule has 1 unspecified atom stereocenters. The van der Waals surface area contributed by atoms with Crippen LogP contribution in [0.4, 0.5) is 0 Å². The van der Waals surface area contributed by atoms with Crippen molar-refractivity contribution in [1.29, 1.82) is 0 Å². The Morgan fingerprint density at radius 1 is 1.38 bits per heavy atom. The molecular weight excluding hydrogens is 350 g/mol. The van der Waals surface area contributed by atoms with Gasteiger partial charge in [0.05, 0.1) is 19.7 Å². The normalized spacial score (nSPS) is 25.4. The molecule has 1 aliphatic carbocycles. The van der Waals surface area contributed by atoms with E-state index in [0.717, 1.165) is 18.0 Å². The van der Waals surface area contributed by atoms with Crippen molar-refractivity contribution in [2.24, 2.45) is 5.92 Å². The summed E-state index contributed by atoms with van der Waals surface area (Å²) >= 11 is 1.61. The maximum atomic E-state index is 12.3. The Bertz CT molecular complexity index is 693. The number of carbonyl (C=O) groups is 2. The first-order valence-electron chi connectivity index (χ1n) is 9.19. The summed E-state index contributed by atoms with van der Waals surface area (Å²) in [5, 5.41) is 4.74. The van der Waals surface area contributed by atoms with E-state index in [2.05, 4.69) is 10.2 Å². The summed E-state index contributed by atoms with van der Waals surface area (Å²) in [4.78, 5) is 29.7. The molecule has 6 nitrogen and oxygen atoms in total. The fourth-order valence-corrected chi connectivity index (χ4v) is 4.38. The van der Waals surface area contributed by atoms with Crippen molar-refractivity contribution in [2.75, 3.05) is 39.8 Å². The average Bonchev–Trinajstić information content (AvgIpc) is 3.27. The smallest absolute Gasteiger partial charge is 0.246 e. The fourth-order valence-electron chi connectivity index (χ4n) is 3.76. The minimum Gasteiger partial charge on any atom is -0.368 e. The van der Waals surface area contributed by atoms with E-state index in [1.165, 1.54) is 12.8 Å². The van der Waals surface area contributed by atoms with E-state index < -0.39 is 0 Å². The molecule has 2 aliphatic heterocycles. The average molecular weight is 375 g/mol. The molecule has 3 fully saturated rings. The summed E-state index contributed by atoms with van der Waals surface area (Å²) in [6, 6.07) is 3.75. The molecule has 0 radical (unpaired) electrons. The predicted molar refractivity (Wildman–Crippen MR) is 101 cm³/mol. The lowest BCUT2D eigenvalue weighted by Crippen LogP contribution is -2.73. The Hall–Kier alpha value is -1.70. The molecule has 1 aromatic rings. The second kappa shape index (κ2) is 7.13. The standard InChI is InChI=1S/C19H25N3O3S/c1-20-18(24)16-10-25-19(11-21(16)9-14-4-5-14)12-22(13-19)17(23)7-6-15-3-2-8-26-15/h2-3,6-8,14,16H,4-5,9-13H2,1H3,(H,20,24)/b7-6+.